The first-order valence-corrected chi connectivity index (χ1v) is 6.43. The van der Waals surface area contributed by atoms with E-state index in [1.807, 2.05) is 11.7 Å². The minimum atomic E-state index is 0.456. The highest BCUT2D eigenvalue weighted by atomic mass is 32.1. The molecule has 0 aliphatic carbocycles. The SMILES string of the molecule is NC(=S)C1CCN(Cc2cncs2)CC1. The standard InChI is InChI=1S/C10H15N3S2/c11-10(14)8-1-3-13(4-2-8)6-9-5-12-7-15-9/h5,7-8H,1-4,6H2,(H2,11,14). The van der Waals surface area contributed by atoms with E-state index in [4.69, 9.17) is 18.0 Å². The molecular formula is C10H15N3S2. The maximum atomic E-state index is 5.65. The number of aromatic nitrogens is 1. The summed E-state index contributed by atoms with van der Waals surface area (Å²) in [5, 5.41) is 0. The number of thiazole rings is 1. The molecule has 1 aliphatic heterocycles. The van der Waals surface area contributed by atoms with Gasteiger partial charge in [0.1, 0.15) is 0 Å². The Morgan fingerprint density at radius 1 is 1.60 bits per heavy atom. The molecule has 0 saturated carbocycles. The molecule has 2 rings (SSSR count). The molecule has 0 bridgehead atoms. The Kier molecular flexibility index (Phi) is 3.66. The molecule has 0 atom stereocenters. The van der Waals surface area contributed by atoms with Gasteiger partial charge in [0, 0.05) is 23.5 Å². The Hall–Kier alpha value is -0.520. The third-order valence-corrected chi connectivity index (χ3v) is 3.95. The predicted octanol–water partition coefficient (Wildman–Crippen LogP) is 1.64. The molecule has 1 saturated heterocycles. The van der Waals surface area contributed by atoms with Gasteiger partial charge in [0.15, 0.2) is 0 Å². The van der Waals surface area contributed by atoms with Crippen molar-refractivity contribution in [3.8, 4) is 0 Å². The van der Waals surface area contributed by atoms with E-state index in [9.17, 15) is 0 Å². The van der Waals surface area contributed by atoms with Crippen LogP contribution in [-0.4, -0.2) is 28.0 Å². The van der Waals surface area contributed by atoms with Crippen LogP contribution in [0.15, 0.2) is 11.7 Å². The molecule has 0 spiro atoms. The van der Waals surface area contributed by atoms with Crippen molar-refractivity contribution in [2.24, 2.45) is 11.7 Å². The number of hydrogen-bond acceptors (Lipinski definition) is 4. The zero-order valence-corrected chi connectivity index (χ0v) is 10.2. The first-order valence-electron chi connectivity index (χ1n) is 5.15. The number of nitrogens with zero attached hydrogens (tertiary/aromatic N) is 2. The van der Waals surface area contributed by atoms with Crippen molar-refractivity contribution in [3.63, 3.8) is 0 Å². The first kappa shape index (κ1) is 11.0. The topological polar surface area (TPSA) is 42.1 Å². The number of nitrogens with two attached hydrogens (primary N) is 1. The summed E-state index contributed by atoms with van der Waals surface area (Å²) in [6, 6.07) is 0. The molecule has 2 heterocycles. The number of rotatable bonds is 3. The lowest BCUT2D eigenvalue weighted by Gasteiger charge is -2.30. The van der Waals surface area contributed by atoms with Crippen molar-refractivity contribution in [3.05, 3.63) is 16.6 Å². The summed E-state index contributed by atoms with van der Waals surface area (Å²) >= 11 is 6.74. The second-order valence-electron chi connectivity index (χ2n) is 3.92. The first-order chi connectivity index (χ1) is 7.25. The van der Waals surface area contributed by atoms with Crippen LogP contribution in [0.25, 0.3) is 0 Å². The van der Waals surface area contributed by atoms with Gasteiger partial charge in [0.25, 0.3) is 0 Å². The minimum Gasteiger partial charge on any atom is -0.393 e. The molecule has 1 fully saturated rings. The maximum absolute atomic E-state index is 5.65. The average Bonchev–Trinajstić information content (AvgIpc) is 2.71. The van der Waals surface area contributed by atoms with Gasteiger partial charge in [-0.05, 0) is 25.9 Å². The van der Waals surface area contributed by atoms with Gasteiger partial charge >= 0.3 is 0 Å². The molecule has 2 N–H and O–H groups in total. The predicted molar refractivity (Wildman–Crippen MR) is 66.9 cm³/mol. The van der Waals surface area contributed by atoms with E-state index < -0.39 is 0 Å². The van der Waals surface area contributed by atoms with Crippen LogP contribution >= 0.6 is 23.6 Å². The Bertz CT molecular complexity index is 315. The molecule has 5 heteroatoms. The van der Waals surface area contributed by atoms with E-state index >= 15 is 0 Å². The monoisotopic (exact) mass is 241 g/mol. The van der Waals surface area contributed by atoms with Crippen LogP contribution in [0.3, 0.4) is 0 Å². The molecule has 0 amide bonds. The summed E-state index contributed by atoms with van der Waals surface area (Å²) in [7, 11) is 0. The molecule has 0 unspecified atom stereocenters. The zero-order valence-electron chi connectivity index (χ0n) is 8.56. The summed E-state index contributed by atoms with van der Waals surface area (Å²) < 4.78 is 0. The van der Waals surface area contributed by atoms with E-state index in [1.165, 1.54) is 4.88 Å². The fourth-order valence-corrected chi connectivity index (χ4v) is 2.79. The highest BCUT2D eigenvalue weighted by Crippen LogP contribution is 2.20. The number of hydrogen-bond donors (Lipinski definition) is 1. The minimum absolute atomic E-state index is 0.456. The molecular weight excluding hydrogens is 226 g/mol. The third kappa shape index (κ3) is 2.96. The van der Waals surface area contributed by atoms with Crippen LogP contribution in [-0.2, 0) is 6.54 Å². The lowest BCUT2D eigenvalue weighted by atomic mass is 9.97. The fraction of sp³-hybridized carbons (Fsp3) is 0.600. The summed E-state index contributed by atoms with van der Waals surface area (Å²) in [5.41, 5.74) is 7.54. The Morgan fingerprint density at radius 2 is 2.33 bits per heavy atom. The third-order valence-electron chi connectivity index (χ3n) is 2.85. The van der Waals surface area contributed by atoms with Crippen LogP contribution in [0, 0.1) is 5.92 Å². The summed E-state index contributed by atoms with van der Waals surface area (Å²) in [6.07, 6.45) is 4.16. The van der Waals surface area contributed by atoms with Gasteiger partial charge in [0.05, 0.1) is 10.5 Å². The molecule has 0 radical (unpaired) electrons. The van der Waals surface area contributed by atoms with E-state index in [0.29, 0.717) is 10.9 Å². The molecule has 3 nitrogen and oxygen atoms in total. The van der Waals surface area contributed by atoms with Gasteiger partial charge in [-0.15, -0.1) is 11.3 Å². The van der Waals surface area contributed by atoms with Crippen molar-refractivity contribution in [2.45, 2.75) is 19.4 Å². The van der Waals surface area contributed by atoms with Crippen molar-refractivity contribution in [2.75, 3.05) is 13.1 Å². The smallest absolute Gasteiger partial charge is 0.0794 e. The van der Waals surface area contributed by atoms with Crippen molar-refractivity contribution >= 4 is 28.5 Å². The van der Waals surface area contributed by atoms with Crippen molar-refractivity contribution < 1.29 is 0 Å². The molecule has 0 aromatic carbocycles. The van der Waals surface area contributed by atoms with Gasteiger partial charge in [-0.1, -0.05) is 12.2 Å². The van der Waals surface area contributed by atoms with Crippen LogP contribution in [0.2, 0.25) is 0 Å². The summed E-state index contributed by atoms with van der Waals surface area (Å²) in [5.74, 6) is 0.456. The fourth-order valence-electron chi connectivity index (χ4n) is 1.92. The van der Waals surface area contributed by atoms with Crippen molar-refractivity contribution in [1.29, 1.82) is 0 Å². The van der Waals surface area contributed by atoms with Gasteiger partial charge in [-0.3, -0.25) is 9.88 Å². The lowest BCUT2D eigenvalue weighted by Crippen LogP contribution is -2.37. The lowest BCUT2D eigenvalue weighted by molar-refractivity contribution is 0.204. The quantitative estimate of drug-likeness (QED) is 0.817. The highest BCUT2D eigenvalue weighted by molar-refractivity contribution is 7.80. The molecule has 15 heavy (non-hydrogen) atoms. The molecule has 1 aliphatic rings. The van der Waals surface area contributed by atoms with E-state index in [1.54, 1.807) is 11.3 Å². The van der Waals surface area contributed by atoms with E-state index in [-0.39, 0.29) is 0 Å². The average molecular weight is 241 g/mol. The molecule has 1 aromatic heterocycles. The summed E-state index contributed by atoms with van der Waals surface area (Å²) in [4.78, 5) is 8.55. The normalized spacial score (nSPS) is 19.2. The van der Waals surface area contributed by atoms with Crippen LogP contribution in [0.4, 0.5) is 0 Å². The second kappa shape index (κ2) is 5.01. The van der Waals surface area contributed by atoms with E-state index in [2.05, 4.69) is 9.88 Å². The molecule has 82 valence electrons. The van der Waals surface area contributed by atoms with Crippen LogP contribution < -0.4 is 5.73 Å². The van der Waals surface area contributed by atoms with Crippen LogP contribution in [0.1, 0.15) is 17.7 Å². The number of likely N-dealkylation sites (tertiary alicyclic amines) is 1. The number of thiocarbonyl (C=S) groups is 1. The van der Waals surface area contributed by atoms with Gasteiger partial charge in [-0.25, -0.2) is 0 Å². The highest BCUT2D eigenvalue weighted by Gasteiger charge is 2.20. The van der Waals surface area contributed by atoms with Crippen LogP contribution in [0.5, 0.6) is 0 Å². The van der Waals surface area contributed by atoms with Gasteiger partial charge in [0.2, 0.25) is 0 Å². The molecule has 1 aromatic rings. The Labute approximate surface area is 99.3 Å². The summed E-state index contributed by atoms with van der Waals surface area (Å²) in [6.45, 7) is 3.22. The Morgan fingerprint density at radius 3 is 2.87 bits per heavy atom. The number of piperidine rings is 1. The Balaban J connectivity index is 1.81. The zero-order chi connectivity index (χ0) is 10.7. The van der Waals surface area contributed by atoms with E-state index in [0.717, 1.165) is 32.5 Å². The van der Waals surface area contributed by atoms with Crippen molar-refractivity contribution in [1.82, 2.24) is 9.88 Å². The van der Waals surface area contributed by atoms with Gasteiger partial charge < -0.3 is 5.73 Å². The van der Waals surface area contributed by atoms with Gasteiger partial charge in [-0.2, -0.15) is 0 Å². The maximum Gasteiger partial charge on any atom is 0.0794 e. The largest absolute Gasteiger partial charge is 0.393 e. The second-order valence-corrected chi connectivity index (χ2v) is 5.36.